The molecule has 7 heteroatoms. The van der Waals surface area contributed by atoms with Gasteiger partial charge in [-0.3, -0.25) is 4.98 Å². The molecule has 1 aromatic heterocycles. The van der Waals surface area contributed by atoms with Crippen LogP contribution in [0.1, 0.15) is 5.56 Å². The van der Waals surface area contributed by atoms with Crippen molar-refractivity contribution < 1.29 is 13.2 Å². The van der Waals surface area contributed by atoms with Gasteiger partial charge in [0.2, 0.25) is 10.0 Å². The summed E-state index contributed by atoms with van der Waals surface area (Å²) in [4.78, 5) is 6.40. The summed E-state index contributed by atoms with van der Waals surface area (Å²) >= 11 is 0. The first-order valence-electron chi connectivity index (χ1n) is 7.85. The van der Waals surface area contributed by atoms with E-state index in [0.29, 0.717) is 31.2 Å². The van der Waals surface area contributed by atoms with Gasteiger partial charge >= 0.3 is 0 Å². The molecule has 0 unspecified atom stereocenters. The number of hydrogen-bond acceptors (Lipinski definition) is 5. The van der Waals surface area contributed by atoms with E-state index in [1.165, 1.54) is 4.31 Å². The van der Waals surface area contributed by atoms with Crippen LogP contribution < -0.4 is 4.90 Å². The minimum atomic E-state index is -3.44. The van der Waals surface area contributed by atoms with Crippen LogP contribution in [0.3, 0.4) is 0 Å². The van der Waals surface area contributed by atoms with Gasteiger partial charge in [-0.2, -0.15) is 4.31 Å². The lowest BCUT2D eigenvalue weighted by molar-refractivity contribution is 0.0730. The van der Waals surface area contributed by atoms with E-state index in [9.17, 15) is 8.42 Å². The molecule has 128 valence electrons. The number of hydrogen-bond donors (Lipinski definition) is 0. The maximum Gasteiger partial charge on any atom is 0.243 e. The number of nitrogens with zero attached hydrogens (tertiary/aromatic N) is 3. The van der Waals surface area contributed by atoms with Crippen LogP contribution >= 0.6 is 0 Å². The standard InChI is InChI=1S/C17H21N3O3S/c1-19(14-15-6-8-18-9-7-15)16-2-4-17(5-3-16)24(21,22)20-10-12-23-13-11-20/h2-9H,10-14H2,1H3. The van der Waals surface area contributed by atoms with Crippen LogP contribution in [-0.2, 0) is 21.3 Å². The molecule has 0 bridgehead atoms. The first-order valence-corrected chi connectivity index (χ1v) is 9.29. The molecule has 1 aliphatic rings. The highest BCUT2D eigenvalue weighted by Crippen LogP contribution is 2.21. The Morgan fingerprint density at radius 2 is 1.71 bits per heavy atom. The van der Waals surface area contributed by atoms with Crippen LogP contribution in [0.15, 0.2) is 53.7 Å². The molecule has 0 N–H and O–H groups in total. The van der Waals surface area contributed by atoms with Gasteiger partial charge in [-0.15, -0.1) is 0 Å². The van der Waals surface area contributed by atoms with E-state index < -0.39 is 10.0 Å². The lowest BCUT2D eigenvalue weighted by Gasteiger charge is -2.26. The fraction of sp³-hybridized carbons (Fsp3) is 0.353. The second-order valence-electron chi connectivity index (χ2n) is 5.72. The van der Waals surface area contributed by atoms with E-state index in [1.807, 2.05) is 31.3 Å². The van der Waals surface area contributed by atoms with Crippen molar-refractivity contribution in [2.24, 2.45) is 0 Å². The average Bonchev–Trinajstić information content (AvgIpc) is 2.63. The predicted molar refractivity (Wildman–Crippen MR) is 92.4 cm³/mol. The van der Waals surface area contributed by atoms with E-state index in [1.54, 1.807) is 24.5 Å². The molecule has 1 saturated heterocycles. The van der Waals surface area contributed by atoms with Crippen molar-refractivity contribution in [1.29, 1.82) is 0 Å². The van der Waals surface area contributed by atoms with Crippen molar-refractivity contribution in [2.75, 3.05) is 38.3 Å². The number of sulfonamides is 1. The van der Waals surface area contributed by atoms with Crippen LogP contribution in [0.4, 0.5) is 5.69 Å². The quantitative estimate of drug-likeness (QED) is 0.824. The number of ether oxygens (including phenoxy) is 1. The minimum Gasteiger partial charge on any atom is -0.379 e. The lowest BCUT2D eigenvalue weighted by Crippen LogP contribution is -2.40. The van der Waals surface area contributed by atoms with Crippen LogP contribution in [0.2, 0.25) is 0 Å². The molecule has 0 aliphatic carbocycles. The maximum absolute atomic E-state index is 12.6. The molecule has 1 fully saturated rings. The Morgan fingerprint density at radius 1 is 1.08 bits per heavy atom. The second kappa shape index (κ2) is 7.29. The topological polar surface area (TPSA) is 62.7 Å². The third-order valence-corrected chi connectivity index (χ3v) is 5.97. The van der Waals surface area contributed by atoms with Crippen LogP contribution in [-0.4, -0.2) is 51.1 Å². The molecule has 2 aromatic rings. The van der Waals surface area contributed by atoms with Crippen molar-refractivity contribution in [2.45, 2.75) is 11.4 Å². The summed E-state index contributed by atoms with van der Waals surface area (Å²) in [6.07, 6.45) is 3.53. The average molecular weight is 347 g/mol. The zero-order chi connectivity index (χ0) is 17.0. The first kappa shape index (κ1) is 16.9. The minimum absolute atomic E-state index is 0.325. The Hall–Kier alpha value is -1.96. The first-order chi connectivity index (χ1) is 11.6. The lowest BCUT2D eigenvalue weighted by atomic mass is 10.2. The molecule has 0 atom stereocenters. The van der Waals surface area contributed by atoms with Crippen LogP contribution in [0.5, 0.6) is 0 Å². The smallest absolute Gasteiger partial charge is 0.243 e. The van der Waals surface area contributed by atoms with E-state index in [0.717, 1.165) is 17.8 Å². The fourth-order valence-electron chi connectivity index (χ4n) is 2.66. The van der Waals surface area contributed by atoms with Gasteiger partial charge in [0.15, 0.2) is 0 Å². The highest BCUT2D eigenvalue weighted by atomic mass is 32.2. The van der Waals surface area contributed by atoms with Crippen molar-refractivity contribution in [1.82, 2.24) is 9.29 Å². The zero-order valence-electron chi connectivity index (χ0n) is 13.6. The van der Waals surface area contributed by atoms with E-state index in [2.05, 4.69) is 9.88 Å². The van der Waals surface area contributed by atoms with Crippen LogP contribution in [0, 0.1) is 0 Å². The summed E-state index contributed by atoms with van der Waals surface area (Å²) in [5.41, 5.74) is 2.12. The Kier molecular flexibility index (Phi) is 5.13. The van der Waals surface area contributed by atoms with E-state index >= 15 is 0 Å². The van der Waals surface area contributed by atoms with Crippen LogP contribution in [0.25, 0.3) is 0 Å². The van der Waals surface area contributed by atoms with E-state index in [-0.39, 0.29) is 0 Å². The summed E-state index contributed by atoms with van der Waals surface area (Å²) < 4.78 is 31.9. The van der Waals surface area contributed by atoms with Gasteiger partial charge in [0.1, 0.15) is 0 Å². The predicted octanol–water partition coefficient (Wildman–Crippen LogP) is 1.74. The second-order valence-corrected chi connectivity index (χ2v) is 7.66. The number of pyridine rings is 1. The van der Waals surface area contributed by atoms with Gasteiger partial charge in [-0.05, 0) is 42.0 Å². The summed E-state index contributed by atoms with van der Waals surface area (Å²) in [6, 6.07) is 11.0. The van der Waals surface area contributed by atoms with Gasteiger partial charge in [0.05, 0.1) is 18.1 Å². The third kappa shape index (κ3) is 3.75. The molecule has 3 rings (SSSR count). The molecule has 0 amide bonds. The molecular weight excluding hydrogens is 326 g/mol. The third-order valence-electron chi connectivity index (χ3n) is 4.05. The highest BCUT2D eigenvalue weighted by Gasteiger charge is 2.26. The summed E-state index contributed by atoms with van der Waals surface area (Å²) in [5.74, 6) is 0. The van der Waals surface area contributed by atoms with Crippen molar-refractivity contribution in [3.63, 3.8) is 0 Å². The van der Waals surface area contributed by atoms with Gasteiger partial charge < -0.3 is 9.64 Å². The number of morpholine rings is 1. The van der Waals surface area contributed by atoms with Gasteiger partial charge in [-0.25, -0.2) is 8.42 Å². The summed E-state index contributed by atoms with van der Waals surface area (Å²) in [6.45, 7) is 2.45. The number of benzene rings is 1. The van der Waals surface area contributed by atoms with Gasteiger partial charge in [-0.1, -0.05) is 0 Å². The van der Waals surface area contributed by atoms with Crippen molar-refractivity contribution in [3.05, 3.63) is 54.4 Å². The normalized spacial score (nSPS) is 16.0. The monoisotopic (exact) mass is 347 g/mol. The maximum atomic E-state index is 12.6. The van der Waals surface area contributed by atoms with Gasteiger partial charge in [0.25, 0.3) is 0 Å². The molecule has 6 nitrogen and oxygen atoms in total. The molecule has 0 radical (unpaired) electrons. The van der Waals surface area contributed by atoms with Gasteiger partial charge in [0, 0.05) is 44.8 Å². The molecule has 2 heterocycles. The molecule has 1 aromatic carbocycles. The van der Waals surface area contributed by atoms with E-state index in [4.69, 9.17) is 4.74 Å². The Bertz CT molecular complexity index is 757. The molecule has 24 heavy (non-hydrogen) atoms. The fourth-order valence-corrected chi connectivity index (χ4v) is 4.07. The summed E-state index contributed by atoms with van der Waals surface area (Å²) in [7, 11) is -1.46. The zero-order valence-corrected chi connectivity index (χ0v) is 14.4. The molecular formula is C17H21N3O3S. The Labute approximate surface area is 142 Å². The highest BCUT2D eigenvalue weighted by molar-refractivity contribution is 7.89. The molecule has 0 spiro atoms. The number of anilines is 1. The summed E-state index contributed by atoms with van der Waals surface area (Å²) in [5, 5.41) is 0. The SMILES string of the molecule is CN(Cc1ccncc1)c1ccc(S(=O)(=O)N2CCOCC2)cc1. The molecule has 0 saturated carbocycles. The number of aromatic nitrogens is 1. The molecule has 1 aliphatic heterocycles. The Morgan fingerprint density at radius 3 is 2.33 bits per heavy atom. The Balaban J connectivity index is 1.73. The largest absolute Gasteiger partial charge is 0.379 e. The van der Waals surface area contributed by atoms with Crippen molar-refractivity contribution in [3.8, 4) is 0 Å². The number of rotatable bonds is 5. The van der Waals surface area contributed by atoms with Crippen molar-refractivity contribution >= 4 is 15.7 Å².